The van der Waals surface area contributed by atoms with Gasteiger partial charge in [0.15, 0.2) is 0 Å². The predicted octanol–water partition coefficient (Wildman–Crippen LogP) is 12.2. The number of fused-ring (bicyclic) bond motifs is 7. The van der Waals surface area contributed by atoms with Crippen molar-refractivity contribution >= 4 is 39.4 Å². The monoisotopic (exact) mass is 757 g/mol. The summed E-state index contributed by atoms with van der Waals surface area (Å²) < 4.78 is 2.47. The fourth-order valence-electron chi connectivity index (χ4n) is 11.4. The van der Waals surface area contributed by atoms with E-state index in [0.29, 0.717) is 17.9 Å². The van der Waals surface area contributed by atoms with Crippen LogP contribution in [0.3, 0.4) is 0 Å². The molecule has 3 heterocycles. The Labute approximate surface area is 341 Å². The first kappa shape index (κ1) is 34.4. The summed E-state index contributed by atoms with van der Waals surface area (Å²) in [5.41, 5.74) is 15.4. The molecule has 5 aromatic rings. The summed E-state index contributed by atoms with van der Waals surface area (Å²) in [4.78, 5) is 8.22. The van der Waals surface area contributed by atoms with Gasteiger partial charge in [0, 0.05) is 33.9 Å². The van der Waals surface area contributed by atoms with Crippen molar-refractivity contribution in [2.45, 2.75) is 94.9 Å². The van der Waals surface area contributed by atoms with Crippen molar-refractivity contribution in [3.8, 4) is 0 Å². The van der Waals surface area contributed by atoms with E-state index < -0.39 is 0 Å². The fourth-order valence-corrected chi connectivity index (χ4v) is 11.4. The minimum atomic E-state index is -0.191. The maximum Gasteiger partial charge on any atom is 0.206 e. The number of allylic oxidation sites excluding steroid dienone is 8. The number of aliphatic imine (C=N–C) groups is 1. The van der Waals surface area contributed by atoms with Gasteiger partial charge in [-0.05, 0) is 145 Å². The van der Waals surface area contributed by atoms with Gasteiger partial charge in [0.05, 0.1) is 11.6 Å². The summed E-state index contributed by atoms with van der Waals surface area (Å²) >= 11 is 0. The zero-order valence-corrected chi connectivity index (χ0v) is 33.2. The van der Waals surface area contributed by atoms with Gasteiger partial charge in [-0.15, -0.1) is 0 Å². The van der Waals surface area contributed by atoms with Crippen LogP contribution in [0.1, 0.15) is 110 Å². The Morgan fingerprint density at radius 3 is 2.45 bits per heavy atom. The van der Waals surface area contributed by atoms with Gasteiger partial charge in [0.2, 0.25) is 5.96 Å². The lowest BCUT2D eigenvalue weighted by Crippen LogP contribution is -2.47. The van der Waals surface area contributed by atoms with Crippen LogP contribution in [0.5, 0.6) is 0 Å². The molecule has 0 saturated heterocycles. The second-order valence-electron chi connectivity index (χ2n) is 17.5. The number of hydrogen-bond donors (Lipinski definition) is 2. The lowest BCUT2D eigenvalue weighted by Gasteiger charge is -2.35. The summed E-state index contributed by atoms with van der Waals surface area (Å²) in [6, 6.07) is 32.6. The van der Waals surface area contributed by atoms with Crippen LogP contribution in [0, 0.1) is 5.92 Å². The number of anilines is 1. The van der Waals surface area contributed by atoms with Crippen molar-refractivity contribution in [3.63, 3.8) is 0 Å². The highest BCUT2D eigenvalue weighted by Crippen LogP contribution is 2.51. The SMILES string of the molecule is C1=CC2=C(C=CC3C2C2=C(CCCC2)N3c2ccc3cc4c5c(n(C6=NC(c7ccccc7)NC(c7ccc(C8CC=CCC8)cc7)N6)c4cc3c2)CCC=C5)CC1. The molecule has 2 N–H and O–H groups in total. The first-order valence-electron chi connectivity index (χ1n) is 22.0. The van der Waals surface area contributed by atoms with Crippen LogP contribution in [0.2, 0.25) is 0 Å². The van der Waals surface area contributed by atoms with Gasteiger partial charge in [0.25, 0.3) is 0 Å². The molecule has 0 fully saturated rings. The van der Waals surface area contributed by atoms with Gasteiger partial charge in [-0.25, -0.2) is 4.99 Å². The van der Waals surface area contributed by atoms with Crippen molar-refractivity contribution in [3.05, 3.63) is 178 Å². The van der Waals surface area contributed by atoms with E-state index in [1.54, 1.807) is 22.4 Å². The average molecular weight is 758 g/mol. The molecule has 0 saturated carbocycles. The molecule has 5 aliphatic carbocycles. The van der Waals surface area contributed by atoms with Crippen LogP contribution >= 0.6 is 0 Å². The number of rotatable bonds is 4. The molecule has 12 rings (SSSR count). The Balaban J connectivity index is 0.967. The van der Waals surface area contributed by atoms with Gasteiger partial charge in [-0.1, -0.05) is 109 Å². The average Bonchev–Trinajstić information content (AvgIpc) is 3.81. The van der Waals surface area contributed by atoms with Crippen LogP contribution < -0.4 is 15.5 Å². The van der Waals surface area contributed by atoms with Crippen molar-refractivity contribution < 1.29 is 0 Å². The van der Waals surface area contributed by atoms with E-state index in [4.69, 9.17) is 4.99 Å². The highest BCUT2D eigenvalue weighted by atomic mass is 15.4. The van der Waals surface area contributed by atoms with Gasteiger partial charge < -0.3 is 10.2 Å². The molecule has 4 aromatic carbocycles. The highest BCUT2D eigenvalue weighted by molar-refractivity contribution is 6.07. The molecule has 0 radical (unpaired) electrons. The molecule has 5 atom stereocenters. The summed E-state index contributed by atoms with van der Waals surface area (Å²) in [7, 11) is 0. The molecule has 5 heteroatoms. The van der Waals surface area contributed by atoms with E-state index in [0.717, 1.165) is 31.6 Å². The second-order valence-corrected chi connectivity index (χ2v) is 17.5. The number of benzene rings is 4. The quantitative estimate of drug-likeness (QED) is 0.179. The van der Waals surface area contributed by atoms with Crippen LogP contribution in [-0.2, 0) is 6.42 Å². The minimum Gasteiger partial charge on any atom is -0.337 e. The molecule has 2 aliphatic heterocycles. The third kappa shape index (κ3) is 5.65. The maximum atomic E-state index is 5.50. The third-order valence-corrected chi connectivity index (χ3v) is 14.2. The summed E-state index contributed by atoms with van der Waals surface area (Å²) in [6.07, 6.45) is 31.8. The van der Waals surface area contributed by atoms with E-state index in [1.807, 2.05) is 0 Å². The summed E-state index contributed by atoms with van der Waals surface area (Å²) in [6.45, 7) is 0. The summed E-state index contributed by atoms with van der Waals surface area (Å²) in [5, 5.41) is 11.7. The number of hydrogen-bond acceptors (Lipinski definition) is 4. The number of nitrogens with one attached hydrogen (secondary N) is 2. The number of nitrogens with zero attached hydrogens (tertiary/aromatic N) is 3. The molecule has 288 valence electrons. The molecular formula is C53H51N5. The fraction of sp³-hybridized carbons (Fsp3) is 0.302. The third-order valence-electron chi connectivity index (χ3n) is 14.2. The van der Waals surface area contributed by atoms with Crippen LogP contribution in [0.4, 0.5) is 5.69 Å². The van der Waals surface area contributed by atoms with Crippen molar-refractivity contribution in [2.75, 3.05) is 4.90 Å². The molecule has 5 nitrogen and oxygen atoms in total. The Hall–Kier alpha value is -5.65. The molecule has 5 unspecified atom stereocenters. The summed E-state index contributed by atoms with van der Waals surface area (Å²) in [5.74, 6) is 2.00. The van der Waals surface area contributed by atoms with E-state index in [1.165, 1.54) is 100 Å². The molecule has 0 bridgehead atoms. The van der Waals surface area contributed by atoms with Crippen molar-refractivity contribution in [2.24, 2.45) is 10.9 Å². The lowest BCUT2D eigenvalue weighted by molar-refractivity contribution is 0.402. The molecule has 58 heavy (non-hydrogen) atoms. The van der Waals surface area contributed by atoms with E-state index >= 15 is 0 Å². The largest absolute Gasteiger partial charge is 0.337 e. The molecular weight excluding hydrogens is 707 g/mol. The molecule has 0 spiro atoms. The first-order chi connectivity index (χ1) is 28.7. The Bertz CT molecular complexity index is 2680. The predicted molar refractivity (Wildman–Crippen MR) is 240 cm³/mol. The van der Waals surface area contributed by atoms with Crippen LogP contribution in [0.25, 0.3) is 27.8 Å². The standard InChI is InChI=1S/C53H51N5/c1-3-13-34(14-4-1)35-23-25-38(26-24-35)52-54-51(37-16-5-2-6-17-37)55-53(56-52)58-46-21-11-9-19-43(46)45-32-39-27-29-41(31-40(39)33-49(45)58)57-47-22-12-10-20-44(47)50-42-18-8-7-15-36(42)28-30-48(50)57/h1-3,5-6,8-9,16-19,23-34,48,50-52,54H,4,7,10-15,20-22H2,(H,55,56). The zero-order chi connectivity index (χ0) is 38.2. The number of aromatic nitrogens is 1. The van der Waals surface area contributed by atoms with Crippen LogP contribution in [0.15, 0.2) is 155 Å². The highest BCUT2D eigenvalue weighted by Gasteiger charge is 2.44. The van der Waals surface area contributed by atoms with Gasteiger partial charge >= 0.3 is 0 Å². The normalized spacial score (nSPS) is 26.1. The van der Waals surface area contributed by atoms with Gasteiger partial charge in [-0.3, -0.25) is 9.88 Å². The second kappa shape index (κ2) is 14.0. The smallest absolute Gasteiger partial charge is 0.206 e. The molecule has 1 aromatic heterocycles. The lowest BCUT2D eigenvalue weighted by atomic mass is 9.75. The molecule has 7 aliphatic rings. The van der Waals surface area contributed by atoms with E-state index in [-0.39, 0.29) is 12.3 Å². The van der Waals surface area contributed by atoms with Crippen LogP contribution in [-0.4, -0.2) is 16.6 Å². The van der Waals surface area contributed by atoms with Crippen molar-refractivity contribution in [1.29, 1.82) is 0 Å². The maximum absolute atomic E-state index is 5.50. The Morgan fingerprint density at radius 1 is 0.690 bits per heavy atom. The van der Waals surface area contributed by atoms with Crippen molar-refractivity contribution in [1.82, 2.24) is 15.2 Å². The topological polar surface area (TPSA) is 44.6 Å². The van der Waals surface area contributed by atoms with Gasteiger partial charge in [0.1, 0.15) is 12.3 Å². The Morgan fingerprint density at radius 2 is 1.55 bits per heavy atom. The van der Waals surface area contributed by atoms with Gasteiger partial charge in [-0.2, -0.15) is 0 Å². The zero-order valence-electron chi connectivity index (χ0n) is 33.2. The first-order valence-corrected chi connectivity index (χ1v) is 22.0. The van der Waals surface area contributed by atoms with E-state index in [2.05, 4.69) is 154 Å². The molecule has 0 amide bonds. The van der Waals surface area contributed by atoms with E-state index in [9.17, 15) is 0 Å². The minimum absolute atomic E-state index is 0.100. The Kier molecular flexibility index (Phi) is 8.32.